The van der Waals surface area contributed by atoms with Gasteiger partial charge in [0.05, 0.1) is 4.75 Å². The van der Waals surface area contributed by atoms with Crippen LogP contribution >= 0.6 is 11.6 Å². The SMILES string of the molecule is CC(C)(C)S(=O)(=O)NC1CCC(c2nc(-c3cccc(Cl)c3)n[nH]2)CC1. The van der Waals surface area contributed by atoms with E-state index >= 15 is 0 Å². The Morgan fingerprint density at radius 3 is 2.50 bits per heavy atom. The van der Waals surface area contributed by atoms with Crippen LogP contribution in [0.25, 0.3) is 11.4 Å². The maximum Gasteiger partial charge on any atom is 0.216 e. The van der Waals surface area contributed by atoms with Gasteiger partial charge in [0.25, 0.3) is 0 Å². The lowest BCUT2D eigenvalue weighted by molar-refractivity contribution is 0.363. The number of nitrogens with one attached hydrogen (secondary N) is 2. The fourth-order valence-corrected chi connectivity index (χ4v) is 4.31. The Balaban J connectivity index is 1.62. The third-order valence-electron chi connectivity index (χ3n) is 4.83. The lowest BCUT2D eigenvalue weighted by Gasteiger charge is -2.30. The first-order valence-corrected chi connectivity index (χ1v) is 10.7. The van der Waals surface area contributed by atoms with Gasteiger partial charge in [0.2, 0.25) is 10.0 Å². The summed E-state index contributed by atoms with van der Waals surface area (Å²) in [5, 5.41) is 8.00. The van der Waals surface area contributed by atoms with Gasteiger partial charge < -0.3 is 0 Å². The smallest absolute Gasteiger partial charge is 0.216 e. The van der Waals surface area contributed by atoms with Crippen molar-refractivity contribution >= 4 is 21.6 Å². The first-order chi connectivity index (χ1) is 12.2. The van der Waals surface area contributed by atoms with E-state index in [0.29, 0.717) is 10.8 Å². The molecule has 0 atom stereocenters. The van der Waals surface area contributed by atoms with E-state index in [-0.39, 0.29) is 12.0 Å². The molecule has 26 heavy (non-hydrogen) atoms. The van der Waals surface area contributed by atoms with Crippen molar-refractivity contribution in [2.45, 2.75) is 63.2 Å². The van der Waals surface area contributed by atoms with Gasteiger partial charge in [0.1, 0.15) is 5.82 Å². The molecule has 2 N–H and O–H groups in total. The largest absolute Gasteiger partial charge is 0.262 e. The predicted molar refractivity (Wildman–Crippen MR) is 104 cm³/mol. The van der Waals surface area contributed by atoms with Crippen LogP contribution in [0.4, 0.5) is 0 Å². The second kappa shape index (κ2) is 7.29. The van der Waals surface area contributed by atoms with Crippen LogP contribution in [-0.2, 0) is 10.0 Å². The molecular formula is C18H25ClN4O2S. The molecule has 0 aliphatic heterocycles. The van der Waals surface area contributed by atoms with Crippen molar-refractivity contribution in [3.05, 3.63) is 35.1 Å². The fraction of sp³-hybridized carbons (Fsp3) is 0.556. The van der Waals surface area contributed by atoms with Crippen molar-refractivity contribution in [1.82, 2.24) is 19.9 Å². The van der Waals surface area contributed by atoms with E-state index < -0.39 is 14.8 Å². The van der Waals surface area contributed by atoms with E-state index in [1.165, 1.54) is 0 Å². The Kier molecular flexibility index (Phi) is 5.42. The molecule has 1 saturated carbocycles. The summed E-state index contributed by atoms with van der Waals surface area (Å²) in [6.07, 6.45) is 3.35. The van der Waals surface area contributed by atoms with E-state index in [1.807, 2.05) is 24.3 Å². The molecule has 8 heteroatoms. The quantitative estimate of drug-likeness (QED) is 0.821. The molecule has 0 saturated heterocycles. The van der Waals surface area contributed by atoms with Gasteiger partial charge in [-0.3, -0.25) is 5.10 Å². The van der Waals surface area contributed by atoms with Crippen LogP contribution in [0.15, 0.2) is 24.3 Å². The zero-order valence-electron chi connectivity index (χ0n) is 15.3. The molecule has 0 bridgehead atoms. The minimum Gasteiger partial charge on any atom is -0.262 e. The number of sulfonamides is 1. The van der Waals surface area contributed by atoms with Crippen molar-refractivity contribution in [3.63, 3.8) is 0 Å². The van der Waals surface area contributed by atoms with Crippen molar-refractivity contribution in [2.24, 2.45) is 0 Å². The lowest BCUT2D eigenvalue weighted by Crippen LogP contribution is -2.45. The Labute approximate surface area is 159 Å². The molecule has 1 aromatic heterocycles. The topological polar surface area (TPSA) is 87.7 Å². The summed E-state index contributed by atoms with van der Waals surface area (Å²) >= 11 is 6.03. The first-order valence-electron chi connectivity index (χ1n) is 8.86. The molecule has 6 nitrogen and oxygen atoms in total. The summed E-state index contributed by atoms with van der Waals surface area (Å²) < 4.78 is 26.7. The number of aromatic nitrogens is 3. The molecule has 0 unspecified atom stereocenters. The van der Waals surface area contributed by atoms with Gasteiger partial charge in [0.15, 0.2) is 5.82 Å². The van der Waals surface area contributed by atoms with Crippen molar-refractivity contribution in [1.29, 1.82) is 0 Å². The monoisotopic (exact) mass is 396 g/mol. The van der Waals surface area contributed by atoms with Gasteiger partial charge in [-0.05, 0) is 58.6 Å². The summed E-state index contributed by atoms with van der Waals surface area (Å²) in [4.78, 5) is 4.62. The number of aromatic amines is 1. The first kappa shape index (κ1) is 19.3. The van der Waals surface area contributed by atoms with E-state index in [1.54, 1.807) is 20.8 Å². The minimum absolute atomic E-state index is 0.00852. The highest BCUT2D eigenvalue weighted by molar-refractivity contribution is 7.90. The molecule has 0 amide bonds. The lowest BCUT2D eigenvalue weighted by atomic mass is 9.86. The second-order valence-corrected chi connectivity index (χ2v) is 10.7. The van der Waals surface area contributed by atoms with Gasteiger partial charge >= 0.3 is 0 Å². The predicted octanol–water partition coefficient (Wildman–Crippen LogP) is 3.87. The standard InChI is InChI=1S/C18H25ClN4O2S/c1-18(2,3)26(24,25)23-15-9-7-12(8-10-15)16-20-17(22-21-16)13-5-4-6-14(19)11-13/h4-6,11-12,15,23H,7-10H2,1-3H3,(H,20,21,22). The number of rotatable bonds is 4. The van der Waals surface area contributed by atoms with E-state index in [0.717, 1.165) is 37.1 Å². The Bertz CT molecular complexity index is 865. The molecule has 1 aromatic carbocycles. The summed E-state index contributed by atoms with van der Waals surface area (Å²) in [6.45, 7) is 5.15. The maximum absolute atomic E-state index is 12.3. The molecule has 1 aliphatic rings. The highest BCUT2D eigenvalue weighted by Gasteiger charge is 2.33. The molecule has 2 aromatic rings. The highest BCUT2D eigenvalue weighted by atomic mass is 35.5. The van der Waals surface area contributed by atoms with Crippen LogP contribution in [0, 0.1) is 0 Å². The van der Waals surface area contributed by atoms with Gasteiger partial charge in [-0.1, -0.05) is 23.7 Å². The molecule has 1 aliphatic carbocycles. The maximum atomic E-state index is 12.3. The number of H-pyrrole nitrogens is 1. The van der Waals surface area contributed by atoms with Crippen molar-refractivity contribution in [3.8, 4) is 11.4 Å². The summed E-state index contributed by atoms with van der Waals surface area (Å²) in [5.74, 6) is 1.76. The molecule has 142 valence electrons. The number of hydrogen-bond acceptors (Lipinski definition) is 4. The minimum atomic E-state index is -3.31. The fourth-order valence-electron chi connectivity index (χ4n) is 3.09. The molecule has 0 spiro atoms. The molecule has 1 fully saturated rings. The van der Waals surface area contributed by atoms with Gasteiger partial charge in [-0.15, -0.1) is 0 Å². The average Bonchev–Trinajstić information content (AvgIpc) is 3.04. The van der Waals surface area contributed by atoms with Gasteiger partial charge in [-0.2, -0.15) is 5.10 Å². The summed E-state index contributed by atoms with van der Waals surface area (Å²) in [7, 11) is -3.31. The third kappa shape index (κ3) is 4.27. The van der Waals surface area contributed by atoms with Crippen LogP contribution in [0.2, 0.25) is 5.02 Å². The molecule has 1 heterocycles. The summed E-state index contributed by atoms with van der Waals surface area (Å²) in [5.41, 5.74) is 0.881. The molecular weight excluding hydrogens is 372 g/mol. The second-order valence-electron chi connectivity index (χ2n) is 7.84. The highest BCUT2D eigenvalue weighted by Crippen LogP contribution is 2.33. The van der Waals surface area contributed by atoms with Crippen LogP contribution in [0.5, 0.6) is 0 Å². The Morgan fingerprint density at radius 1 is 1.19 bits per heavy atom. The number of hydrogen-bond donors (Lipinski definition) is 2. The Morgan fingerprint density at radius 2 is 1.88 bits per heavy atom. The van der Waals surface area contributed by atoms with Crippen molar-refractivity contribution < 1.29 is 8.42 Å². The summed E-state index contributed by atoms with van der Waals surface area (Å²) in [6, 6.07) is 7.45. The Hall–Kier alpha value is -1.44. The van der Waals surface area contributed by atoms with Gasteiger partial charge in [-0.25, -0.2) is 18.1 Å². The number of nitrogens with zero attached hydrogens (tertiary/aromatic N) is 2. The molecule has 0 radical (unpaired) electrons. The van der Waals surface area contributed by atoms with E-state index in [4.69, 9.17) is 11.6 Å². The van der Waals surface area contributed by atoms with E-state index in [9.17, 15) is 8.42 Å². The number of halogens is 1. The van der Waals surface area contributed by atoms with Gasteiger partial charge in [0, 0.05) is 22.5 Å². The zero-order chi connectivity index (χ0) is 18.9. The van der Waals surface area contributed by atoms with Crippen LogP contribution in [0.1, 0.15) is 58.2 Å². The zero-order valence-corrected chi connectivity index (χ0v) is 16.9. The van der Waals surface area contributed by atoms with E-state index in [2.05, 4.69) is 19.9 Å². The molecule has 3 rings (SSSR count). The normalized spacial score (nSPS) is 21.7. The van der Waals surface area contributed by atoms with Crippen LogP contribution in [0.3, 0.4) is 0 Å². The average molecular weight is 397 g/mol. The van der Waals surface area contributed by atoms with Crippen molar-refractivity contribution in [2.75, 3.05) is 0 Å². The third-order valence-corrected chi connectivity index (χ3v) is 7.32. The van der Waals surface area contributed by atoms with Crippen LogP contribution < -0.4 is 4.72 Å². The number of benzene rings is 1. The van der Waals surface area contributed by atoms with Crippen LogP contribution in [-0.4, -0.2) is 34.4 Å².